The summed E-state index contributed by atoms with van der Waals surface area (Å²) >= 11 is 12.2. The van der Waals surface area contributed by atoms with Crippen molar-refractivity contribution in [2.75, 3.05) is 13.7 Å². The molecular formula is C20H20Cl2N2O2. The van der Waals surface area contributed by atoms with Crippen LogP contribution in [0.1, 0.15) is 24.0 Å². The summed E-state index contributed by atoms with van der Waals surface area (Å²) in [5.74, 6) is -0.372. The first-order chi connectivity index (χ1) is 12.6. The van der Waals surface area contributed by atoms with Crippen LogP contribution in [0, 0.1) is 0 Å². The molecule has 0 N–H and O–H groups in total. The summed E-state index contributed by atoms with van der Waals surface area (Å²) < 4.78 is 4.83. The Morgan fingerprint density at radius 1 is 1.04 bits per heavy atom. The van der Waals surface area contributed by atoms with Crippen LogP contribution in [0.5, 0.6) is 0 Å². The van der Waals surface area contributed by atoms with E-state index in [-0.39, 0.29) is 5.97 Å². The number of carbonyl (C=O) groups is 1. The molecule has 0 unspecified atom stereocenters. The largest absolute Gasteiger partial charge is 0.467 e. The zero-order valence-electron chi connectivity index (χ0n) is 14.4. The number of hydrogen-bond acceptors (Lipinski definition) is 4. The van der Waals surface area contributed by atoms with Gasteiger partial charge in [0.1, 0.15) is 6.04 Å². The average Bonchev–Trinajstić information content (AvgIpc) is 2.66. The van der Waals surface area contributed by atoms with Gasteiger partial charge in [-0.05, 0) is 25.0 Å². The van der Waals surface area contributed by atoms with Crippen molar-refractivity contribution in [3.05, 3.63) is 69.7 Å². The Morgan fingerprint density at radius 2 is 1.62 bits per heavy atom. The molecule has 0 radical (unpaired) electrons. The van der Waals surface area contributed by atoms with Crippen molar-refractivity contribution >= 4 is 41.6 Å². The quantitative estimate of drug-likeness (QED) is 0.367. The summed E-state index contributed by atoms with van der Waals surface area (Å²) in [5, 5.41) is 1.25. The summed E-state index contributed by atoms with van der Waals surface area (Å²) in [6.07, 6.45) is 4.58. The van der Waals surface area contributed by atoms with Crippen molar-refractivity contribution in [1.82, 2.24) is 0 Å². The molecule has 0 aliphatic carbocycles. The number of esters is 1. The van der Waals surface area contributed by atoms with Crippen molar-refractivity contribution < 1.29 is 9.53 Å². The van der Waals surface area contributed by atoms with Crippen LogP contribution >= 0.6 is 23.2 Å². The van der Waals surface area contributed by atoms with Crippen molar-refractivity contribution in [2.45, 2.75) is 18.9 Å². The van der Waals surface area contributed by atoms with Crippen molar-refractivity contribution in [3.8, 4) is 0 Å². The topological polar surface area (TPSA) is 51.0 Å². The third-order valence-electron chi connectivity index (χ3n) is 3.67. The van der Waals surface area contributed by atoms with Crippen LogP contribution in [-0.2, 0) is 9.53 Å². The molecule has 0 spiro atoms. The fraction of sp³-hybridized carbons (Fsp3) is 0.250. The van der Waals surface area contributed by atoms with E-state index < -0.39 is 6.04 Å². The zero-order chi connectivity index (χ0) is 18.8. The molecule has 0 aromatic heterocycles. The minimum Gasteiger partial charge on any atom is -0.467 e. The van der Waals surface area contributed by atoms with E-state index in [1.165, 1.54) is 7.11 Å². The maximum atomic E-state index is 11.9. The van der Waals surface area contributed by atoms with Gasteiger partial charge in [0, 0.05) is 40.1 Å². The lowest BCUT2D eigenvalue weighted by atomic mass is 10.1. The van der Waals surface area contributed by atoms with Gasteiger partial charge >= 0.3 is 5.97 Å². The molecule has 2 aromatic rings. The second-order valence-corrected chi connectivity index (χ2v) is 6.35. The Labute approximate surface area is 163 Å². The SMILES string of the molecule is COC(=O)[C@H](CCCN=Cc1ccccc1Cl)N=Cc1ccccc1Cl. The van der Waals surface area contributed by atoms with Gasteiger partial charge in [-0.1, -0.05) is 59.6 Å². The molecular weight excluding hydrogens is 371 g/mol. The predicted octanol–water partition coefficient (Wildman–Crippen LogP) is 4.85. The van der Waals surface area contributed by atoms with Gasteiger partial charge in [0.2, 0.25) is 0 Å². The van der Waals surface area contributed by atoms with Crippen LogP contribution in [0.4, 0.5) is 0 Å². The van der Waals surface area contributed by atoms with E-state index >= 15 is 0 Å². The Bertz CT molecular complexity index is 791. The van der Waals surface area contributed by atoms with Crippen molar-refractivity contribution in [1.29, 1.82) is 0 Å². The Kier molecular flexibility index (Phi) is 8.32. The summed E-state index contributed by atoms with van der Waals surface area (Å²) in [6.45, 7) is 0.570. The molecule has 0 saturated heterocycles. The normalized spacial score (nSPS) is 12.6. The lowest BCUT2D eigenvalue weighted by molar-refractivity contribution is -0.142. The van der Waals surface area contributed by atoms with Crippen molar-refractivity contribution in [3.63, 3.8) is 0 Å². The average molecular weight is 391 g/mol. The minimum absolute atomic E-state index is 0.372. The molecule has 26 heavy (non-hydrogen) atoms. The van der Waals surface area contributed by atoms with Crippen LogP contribution in [0.15, 0.2) is 58.5 Å². The third-order valence-corrected chi connectivity index (χ3v) is 4.36. The number of ether oxygens (including phenoxy) is 1. The fourth-order valence-electron chi connectivity index (χ4n) is 2.26. The number of halogens is 2. The van der Waals surface area contributed by atoms with E-state index in [9.17, 15) is 4.79 Å². The molecule has 136 valence electrons. The molecule has 0 fully saturated rings. The number of nitrogens with zero attached hydrogens (tertiary/aromatic N) is 2. The summed E-state index contributed by atoms with van der Waals surface area (Å²) in [7, 11) is 1.36. The standard InChI is InChI=1S/C20H20Cl2N2O2/c1-26-20(25)19(24-14-16-8-3-5-10-18(16)22)11-6-12-23-13-15-7-2-4-9-17(15)21/h2-5,7-10,13-14,19H,6,11-12H2,1H3/t19-/m0/s1. The highest BCUT2D eigenvalue weighted by Crippen LogP contribution is 2.14. The van der Waals surface area contributed by atoms with E-state index in [0.717, 1.165) is 11.1 Å². The van der Waals surface area contributed by atoms with Crippen LogP contribution in [-0.4, -0.2) is 38.1 Å². The predicted molar refractivity (Wildman–Crippen MR) is 108 cm³/mol. The van der Waals surface area contributed by atoms with Crippen LogP contribution in [0.2, 0.25) is 10.0 Å². The lowest BCUT2D eigenvalue weighted by Crippen LogP contribution is -2.20. The van der Waals surface area contributed by atoms with Crippen LogP contribution in [0.3, 0.4) is 0 Å². The number of hydrogen-bond donors (Lipinski definition) is 0. The zero-order valence-corrected chi connectivity index (χ0v) is 16.0. The highest BCUT2D eigenvalue weighted by atomic mass is 35.5. The number of rotatable bonds is 8. The lowest BCUT2D eigenvalue weighted by Gasteiger charge is -2.09. The van der Waals surface area contributed by atoms with Gasteiger partial charge in [0.05, 0.1) is 7.11 Å². The third kappa shape index (κ3) is 6.28. The van der Waals surface area contributed by atoms with E-state index in [4.69, 9.17) is 27.9 Å². The molecule has 2 aromatic carbocycles. The smallest absolute Gasteiger partial charge is 0.330 e. The summed E-state index contributed by atoms with van der Waals surface area (Å²) in [4.78, 5) is 20.6. The highest BCUT2D eigenvalue weighted by Gasteiger charge is 2.16. The van der Waals surface area contributed by atoms with E-state index in [1.807, 2.05) is 42.5 Å². The Hall–Kier alpha value is -2.17. The molecule has 0 bridgehead atoms. The first kappa shape index (κ1) is 20.1. The molecule has 2 rings (SSSR count). The molecule has 0 amide bonds. The molecule has 0 heterocycles. The maximum Gasteiger partial charge on any atom is 0.330 e. The van der Waals surface area contributed by atoms with E-state index in [0.29, 0.717) is 29.4 Å². The van der Waals surface area contributed by atoms with E-state index in [2.05, 4.69) is 9.98 Å². The van der Waals surface area contributed by atoms with Crippen molar-refractivity contribution in [2.24, 2.45) is 9.98 Å². The number of methoxy groups -OCH3 is 1. The van der Waals surface area contributed by atoms with Gasteiger partial charge in [0.25, 0.3) is 0 Å². The van der Waals surface area contributed by atoms with E-state index in [1.54, 1.807) is 18.5 Å². The monoisotopic (exact) mass is 390 g/mol. The highest BCUT2D eigenvalue weighted by molar-refractivity contribution is 6.33. The number of benzene rings is 2. The maximum absolute atomic E-state index is 11.9. The second-order valence-electron chi connectivity index (χ2n) is 5.54. The number of carbonyl (C=O) groups excluding carboxylic acids is 1. The van der Waals surface area contributed by atoms with Gasteiger partial charge in [0.15, 0.2) is 0 Å². The first-order valence-electron chi connectivity index (χ1n) is 8.21. The molecule has 0 saturated carbocycles. The molecule has 0 aliphatic heterocycles. The van der Waals surface area contributed by atoms with Gasteiger partial charge in [-0.2, -0.15) is 0 Å². The molecule has 1 atom stereocenters. The number of aliphatic imine (C=N–C) groups is 2. The van der Waals surface area contributed by atoms with Crippen LogP contribution < -0.4 is 0 Å². The second kappa shape index (κ2) is 10.7. The molecule has 6 heteroatoms. The fourth-order valence-corrected chi connectivity index (χ4v) is 2.63. The van der Waals surface area contributed by atoms with Crippen LogP contribution in [0.25, 0.3) is 0 Å². The first-order valence-corrected chi connectivity index (χ1v) is 8.97. The summed E-state index contributed by atoms with van der Waals surface area (Å²) in [5.41, 5.74) is 1.63. The van der Waals surface area contributed by atoms with Gasteiger partial charge in [-0.15, -0.1) is 0 Å². The van der Waals surface area contributed by atoms with Gasteiger partial charge < -0.3 is 4.74 Å². The molecule has 4 nitrogen and oxygen atoms in total. The summed E-state index contributed by atoms with van der Waals surface area (Å²) in [6, 6.07) is 14.2. The molecule has 0 aliphatic rings. The van der Waals surface area contributed by atoms with Gasteiger partial charge in [-0.3, -0.25) is 9.98 Å². The van der Waals surface area contributed by atoms with Gasteiger partial charge in [-0.25, -0.2) is 4.79 Å². The minimum atomic E-state index is -0.577. The Balaban J connectivity index is 1.91. The Morgan fingerprint density at radius 3 is 2.19 bits per heavy atom.